The third-order valence-corrected chi connectivity index (χ3v) is 3.72. The second-order valence-electron chi connectivity index (χ2n) is 4.87. The number of methoxy groups -OCH3 is 1. The van der Waals surface area contributed by atoms with E-state index < -0.39 is 0 Å². The Balaban J connectivity index is 1.85. The maximum Gasteiger partial charge on any atom is 0.255 e. The van der Waals surface area contributed by atoms with Crippen LogP contribution < -0.4 is 10.1 Å². The van der Waals surface area contributed by atoms with Crippen LogP contribution in [-0.2, 0) is 0 Å². The second kappa shape index (κ2) is 6.08. The van der Waals surface area contributed by atoms with Gasteiger partial charge in [-0.2, -0.15) is 0 Å². The van der Waals surface area contributed by atoms with Crippen LogP contribution in [-0.4, -0.2) is 13.0 Å². The molecule has 0 atom stereocenters. The molecule has 1 N–H and O–H groups in total. The van der Waals surface area contributed by atoms with Gasteiger partial charge >= 0.3 is 0 Å². The number of carbonyl (C=O) groups excluding carboxylic acids is 1. The fourth-order valence-electron chi connectivity index (χ4n) is 2.28. The number of benzene rings is 3. The first kappa shape index (κ1) is 14.4. The molecule has 0 unspecified atom stereocenters. The molecule has 4 heteroatoms. The topological polar surface area (TPSA) is 38.3 Å². The van der Waals surface area contributed by atoms with Crippen molar-refractivity contribution >= 4 is 34.0 Å². The molecule has 0 radical (unpaired) electrons. The van der Waals surface area contributed by atoms with Crippen molar-refractivity contribution in [2.24, 2.45) is 0 Å². The van der Waals surface area contributed by atoms with Crippen molar-refractivity contribution in [3.8, 4) is 5.75 Å². The van der Waals surface area contributed by atoms with Crippen LogP contribution in [0.15, 0.2) is 60.7 Å². The zero-order valence-corrected chi connectivity index (χ0v) is 12.7. The molecular formula is C18H14ClNO2. The molecule has 22 heavy (non-hydrogen) atoms. The van der Waals surface area contributed by atoms with Gasteiger partial charge in [0.15, 0.2) is 0 Å². The van der Waals surface area contributed by atoms with Gasteiger partial charge in [0.05, 0.1) is 12.1 Å². The van der Waals surface area contributed by atoms with Gasteiger partial charge in [-0.1, -0.05) is 41.9 Å². The molecule has 0 bridgehead atoms. The Bertz CT molecular complexity index is 845. The van der Waals surface area contributed by atoms with E-state index in [0.29, 0.717) is 22.0 Å². The number of nitrogens with one attached hydrogen (secondary N) is 1. The number of anilines is 1. The second-order valence-corrected chi connectivity index (χ2v) is 5.27. The summed E-state index contributed by atoms with van der Waals surface area (Å²) in [7, 11) is 1.55. The van der Waals surface area contributed by atoms with Gasteiger partial charge in [0.25, 0.3) is 5.91 Å². The molecule has 0 fully saturated rings. The number of carbonyl (C=O) groups is 1. The van der Waals surface area contributed by atoms with Crippen LogP contribution in [0, 0.1) is 0 Å². The van der Waals surface area contributed by atoms with Gasteiger partial charge < -0.3 is 10.1 Å². The molecule has 0 aliphatic carbocycles. The molecule has 0 spiro atoms. The Morgan fingerprint density at radius 2 is 1.77 bits per heavy atom. The van der Waals surface area contributed by atoms with Crippen molar-refractivity contribution in [1.82, 2.24) is 0 Å². The monoisotopic (exact) mass is 311 g/mol. The lowest BCUT2D eigenvalue weighted by Crippen LogP contribution is -2.11. The van der Waals surface area contributed by atoms with E-state index in [2.05, 4.69) is 5.32 Å². The Morgan fingerprint density at radius 3 is 2.50 bits per heavy atom. The van der Waals surface area contributed by atoms with Gasteiger partial charge in [0.2, 0.25) is 0 Å². The summed E-state index contributed by atoms with van der Waals surface area (Å²) in [5, 5.41) is 5.43. The van der Waals surface area contributed by atoms with Crippen molar-refractivity contribution in [1.29, 1.82) is 0 Å². The number of ether oxygens (including phenoxy) is 1. The zero-order chi connectivity index (χ0) is 15.5. The minimum atomic E-state index is -0.174. The third kappa shape index (κ3) is 2.90. The number of hydrogen-bond acceptors (Lipinski definition) is 2. The maximum atomic E-state index is 12.3. The summed E-state index contributed by atoms with van der Waals surface area (Å²) >= 11 is 6.06. The van der Waals surface area contributed by atoms with E-state index in [1.807, 2.05) is 42.5 Å². The lowest BCUT2D eigenvalue weighted by molar-refractivity contribution is 0.102. The molecule has 0 aromatic heterocycles. The first-order valence-electron chi connectivity index (χ1n) is 6.81. The SMILES string of the molecule is COc1ccc(NC(=O)c2ccc3ccccc3c2)cc1Cl. The summed E-state index contributed by atoms with van der Waals surface area (Å²) < 4.78 is 5.09. The highest BCUT2D eigenvalue weighted by atomic mass is 35.5. The molecular weight excluding hydrogens is 298 g/mol. The minimum absolute atomic E-state index is 0.174. The summed E-state index contributed by atoms with van der Waals surface area (Å²) in [6.07, 6.45) is 0. The highest BCUT2D eigenvalue weighted by molar-refractivity contribution is 6.32. The van der Waals surface area contributed by atoms with Crippen molar-refractivity contribution in [3.63, 3.8) is 0 Å². The molecule has 3 rings (SSSR count). The molecule has 0 aliphatic rings. The van der Waals surface area contributed by atoms with Crippen LogP contribution >= 0.6 is 11.6 Å². The summed E-state index contributed by atoms with van der Waals surface area (Å²) in [4.78, 5) is 12.3. The first-order valence-corrected chi connectivity index (χ1v) is 7.19. The molecule has 1 amide bonds. The molecule has 3 aromatic carbocycles. The summed E-state index contributed by atoms with van der Waals surface area (Å²) in [5.74, 6) is 0.400. The maximum absolute atomic E-state index is 12.3. The van der Waals surface area contributed by atoms with Gasteiger partial charge in [-0.15, -0.1) is 0 Å². The molecule has 3 nitrogen and oxygen atoms in total. The molecule has 0 saturated carbocycles. The van der Waals surface area contributed by atoms with E-state index in [0.717, 1.165) is 10.8 Å². The van der Waals surface area contributed by atoms with Crippen LogP contribution in [0.2, 0.25) is 5.02 Å². The lowest BCUT2D eigenvalue weighted by atomic mass is 10.1. The highest BCUT2D eigenvalue weighted by Crippen LogP contribution is 2.27. The van der Waals surface area contributed by atoms with Gasteiger partial charge in [-0.05, 0) is 41.1 Å². The van der Waals surface area contributed by atoms with Crippen molar-refractivity contribution < 1.29 is 9.53 Å². The summed E-state index contributed by atoms with van der Waals surface area (Å²) in [6.45, 7) is 0. The zero-order valence-electron chi connectivity index (χ0n) is 12.0. The van der Waals surface area contributed by atoms with E-state index in [1.165, 1.54) is 0 Å². The molecule has 0 saturated heterocycles. The normalized spacial score (nSPS) is 10.5. The smallest absolute Gasteiger partial charge is 0.255 e. The standard InChI is InChI=1S/C18H14ClNO2/c1-22-17-9-8-15(11-16(17)19)20-18(21)14-7-6-12-4-2-3-5-13(12)10-14/h2-11H,1H3,(H,20,21). The Kier molecular flexibility index (Phi) is 3.98. The average molecular weight is 312 g/mol. The van der Waals surface area contributed by atoms with E-state index in [4.69, 9.17) is 16.3 Å². The fourth-order valence-corrected chi connectivity index (χ4v) is 2.54. The van der Waals surface area contributed by atoms with Crippen LogP contribution in [0.25, 0.3) is 10.8 Å². The first-order chi connectivity index (χ1) is 10.7. The van der Waals surface area contributed by atoms with Gasteiger partial charge in [0, 0.05) is 11.3 Å². The van der Waals surface area contributed by atoms with E-state index in [9.17, 15) is 4.79 Å². The van der Waals surface area contributed by atoms with Crippen molar-refractivity contribution in [2.45, 2.75) is 0 Å². The Morgan fingerprint density at radius 1 is 1.00 bits per heavy atom. The van der Waals surface area contributed by atoms with Gasteiger partial charge in [-0.25, -0.2) is 0 Å². The largest absolute Gasteiger partial charge is 0.495 e. The highest BCUT2D eigenvalue weighted by Gasteiger charge is 2.08. The van der Waals surface area contributed by atoms with E-state index in [1.54, 1.807) is 25.3 Å². The van der Waals surface area contributed by atoms with Crippen LogP contribution in [0.5, 0.6) is 5.75 Å². The molecule has 3 aromatic rings. The van der Waals surface area contributed by atoms with Crippen molar-refractivity contribution in [3.05, 3.63) is 71.2 Å². The van der Waals surface area contributed by atoms with Crippen LogP contribution in [0.1, 0.15) is 10.4 Å². The van der Waals surface area contributed by atoms with Crippen LogP contribution in [0.4, 0.5) is 5.69 Å². The number of rotatable bonds is 3. The number of halogens is 1. The number of amides is 1. The summed E-state index contributed by atoms with van der Waals surface area (Å²) in [5.41, 5.74) is 1.23. The lowest BCUT2D eigenvalue weighted by Gasteiger charge is -2.08. The van der Waals surface area contributed by atoms with E-state index in [-0.39, 0.29) is 5.91 Å². The van der Waals surface area contributed by atoms with E-state index >= 15 is 0 Å². The molecule has 110 valence electrons. The van der Waals surface area contributed by atoms with Gasteiger partial charge in [0.1, 0.15) is 5.75 Å². The summed E-state index contributed by atoms with van der Waals surface area (Å²) in [6, 6.07) is 18.7. The predicted molar refractivity (Wildman–Crippen MR) is 89.9 cm³/mol. The minimum Gasteiger partial charge on any atom is -0.495 e. The third-order valence-electron chi connectivity index (χ3n) is 3.42. The number of fused-ring (bicyclic) bond motifs is 1. The van der Waals surface area contributed by atoms with Crippen molar-refractivity contribution in [2.75, 3.05) is 12.4 Å². The molecule has 0 heterocycles. The van der Waals surface area contributed by atoms with Crippen LogP contribution in [0.3, 0.4) is 0 Å². The molecule has 0 aliphatic heterocycles. The Hall–Kier alpha value is -2.52. The van der Waals surface area contributed by atoms with Gasteiger partial charge in [-0.3, -0.25) is 4.79 Å². The average Bonchev–Trinajstić information content (AvgIpc) is 2.54. The Labute approximate surface area is 133 Å². The fraction of sp³-hybridized carbons (Fsp3) is 0.0556. The number of hydrogen-bond donors (Lipinski definition) is 1. The quantitative estimate of drug-likeness (QED) is 0.757. The predicted octanol–water partition coefficient (Wildman–Crippen LogP) is 4.75.